The lowest BCUT2D eigenvalue weighted by atomic mass is 10.1. The summed E-state index contributed by atoms with van der Waals surface area (Å²) in [6, 6.07) is 12.3. The monoisotopic (exact) mass is 440 g/mol. The van der Waals surface area contributed by atoms with Crippen LogP contribution in [-0.4, -0.2) is 72.5 Å². The Morgan fingerprint density at radius 1 is 1.00 bits per heavy atom. The van der Waals surface area contributed by atoms with Gasteiger partial charge in [-0.15, -0.1) is 0 Å². The number of nitro benzene ring substituents is 1. The summed E-state index contributed by atoms with van der Waals surface area (Å²) < 4.78 is 10.9. The average Bonchev–Trinajstić information content (AvgIpc) is 2.82. The Bertz CT molecular complexity index is 1000. The minimum Gasteiger partial charge on any atom is -0.486 e. The summed E-state index contributed by atoms with van der Waals surface area (Å²) >= 11 is 0. The maximum Gasteiger partial charge on any atom is 0.286 e. The Labute approximate surface area is 184 Å². The molecule has 10 nitrogen and oxygen atoms in total. The summed E-state index contributed by atoms with van der Waals surface area (Å²) in [6.07, 6.45) is 0. The van der Waals surface area contributed by atoms with Crippen molar-refractivity contribution in [2.24, 2.45) is 0 Å². The molecule has 4 rings (SSSR count). The van der Waals surface area contributed by atoms with Gasteiger partial charge in [0.2, 0.25) is 5.91 Å². The highest BCUT2D eigenvalue weighted by molar-refractivity contribution is 5.99. The molecule has 2 aliphatic rings. The summed E-state index contributed by atoms with van der Waals surface area (Å²) in [5.74, 6) is 0.0858. The highest BCUT2D eigenvalue weighted by atomic mass is 16.6. The zero-order chi connectivity index (χ0) is 22.5. The Morgan fingerprint density at radius 2 is 1.66 bits per heavy atom. The van der Waals surface area contributed by atoms with Gasteiger partial charge >= 0.3 is 0 Å². The molecular weight excluding hydrogens is 416 g/mol. The average molecular weight is 440 g/mol. The molecule has 2 aromatic carbocycles. The lowest BCUT2D eigenvalue weighted by Gasteiger charge is -2.34. The molecule has 32 heavy (non-hydrogen) atoms. The van der Waals surface area contributed by atoms with Crippen molar-refractivity contribution >= 4 is 17.5 Å². The Kier molecular flexibility index (Phi) is 6.50. The number of nitrogens with one attached hydrogen (secondary N) is 1. The van der Waals surface area contributed by atoms with Crippen molar-refractivity contribution in [1.29, 1.82) is 0 Å². The molecular formula is C22H24N4O6. The normalized spacial score (nSPS) is 15.8. The van der Waals surface area contributed by atoms with Crippen LogP contribution in [0.4, 0.5) is 5.69 Å². The molecule has 1 fully saturated rings. The topological polar surface area (TPSA) is 114 Å². The van der Waals surface area contributed by atoms with Crippen molar-refractivity contribution in [1.82, 2.24) is 15.1 Å². The highest BCUT2D eigenvalue weighted by Crippen LogP contribution is 2.37. The van der Waals surface area contributed by atoms with Crippen molar-refractivity contribution in [2.45, 2.75) is 6.54 Å². The van der Waals surface area contributed by atoms with E-state index in [9.17, 15) is 19.7 Å². The van der Waals surface area contributed by atoms with E-state index in [0.717, 1.165) is 5.56 Å². The molecule has 2 amide bonds. The molecule has 0 saturated carbocycles. The molecule has 0 aliphatic carbocycles. The van der Waals surface area contributed by atoms with Crippen LogP contribution < -0.4 is 14.8 Å². The van der Waals surface area contributed by atoms with Crippen LogP contribution in [0.2, 0.25) is 0 Å². The van der Waals surface area contributed by atoms with E-state index < -0.39 is 10.8 Å². The number of carbonyl (C=O) groups is 2. The van der Waals surface area contributed by atoms with Crippen LogP contribution in [0.15, 0.2) is 42.5 Å². The summed E-state index contributed by atoms with van der Waals surface area (Å²) in [7, 11) is 0. The molecule has 0 atom stereocenters. The predicted molar refractivity (Wildman–Crippen MR) is 115 cm³/mol. The number of piperazine rings is 1. The fraction of sp³-hybridized carbons (Fsp3) is 0.364. The van der Waals surface area contributed by atoms with Crippen LogP contribution in [-0.2, 0) is 11.3 Å². The maximum atomic E-state index is 13.0. The van der Waals surface area contributed by atoms with Gasteiger partial charge in [-0.1, -0.05) is 30.3 Å². The minimum atomic E-state index is -0.585. The third-order valence-electron chi connectivity index (χ3n) is 5.45. The zero-order valence-electron chi connectivity index (χ0n) is 17.5. The van der Waals surface area contributed by atoms with Crippen LogP contribution in [0.25, 0.3) is 0 Å². The quantitative estimate of drug-likeness (QED) is 0.534. The largest absolute Gasteiger partial charge is 0.486 e. The predicted octanol–water partition coefficient (Wildman–Crippen LogP) is 1.44. The number of hydrogen-bond acceptors (Lipinski definition) is 7. The second kappa shape index (κ2) is 9.65. The van der Waals surface area contributed by atoms with Gasteiger partial charge in [0.15, 0.2) is 11.5 Å². The molecule has 0 radical (unpaired) electrons. The highest BCUT2D eigenvalue weighted by Gasteiger charge is 2.31. The number of nitro groups is 1. The van der Waals surface area contributed by atoms with Crippen LogP contribution in [0.1, 0.15) is 15.9 Å². The van der Waals surface area contributed by atoms with Crippen LogP contribution in [0.5, 0.6) is 11.5 Å². The molecule has 1 saturated heterocycles. The zero-order valence-corrected chi connectivity index (χ0v) is 17.5. The van der Waals surface area contributed by atoms with Crippen LogP contribution >= 0.6 is 0 Å². The standard InChI is InChI=1S/C22H24N4O6/c27-21(23-14-16-4-2-1-3-5-16)15-24-6-8-25(9-7-24)22(28)17-12-19-20(32-11-10-31-19)13-18(17)26(29)30/h1-5,12-13H,6-11,14-15H2,(H,23,27). The van der Waals surface area contributed by atoms with E-state index >= 15 is 0 Å². The number of carbonyl (C=O) groups excluding carboxylic acids is 2. The summed E-state index contributed by atoms with van der Waals surface area (Å²) in [5, 5.41) is 14.4. The molecule has 168 valence electrons. The fourth-order valence-corrected chi connectivity index (χ4v) is 3.74. The first kappa shape index (κ1) is 21.6. The number of fused-ring (bicyclic) bond motifs is 1. The van der Waals surface area contributed by atoms with Crippen molar-refractivity contribution in [3.63, 3.8) is 0 Å². The van der Waals surface area contributed by atoms with Gasteiger partial charge in [0.05, 0.1) is 17.5 Å². The summed E-state index contributed by atoms with van der Waals surface area (Å²) in [5.41, 5.74) is 0.701. The van der Waals surface area contributed by atoms with Crippen molar-refractivity contribution in [2.75, 3.05) is 45.9 Å². The number of hydrogen-bond donors (Lipinski definition) is 1. The molecule has 10 heteroatoms. The number of nitrogens with zero attached hydrogens (tertiary/aromatic N) is 3. The van der Waals surface area contributed by atoms with E-state index in [1.807, 2.05) is 35.2 Å². The number of rotatable bonds is 6. The number of benzene rings is 2. The molecule has 0 aromatic heterocycles. The van der Waals surface area contributed by atoms with E-state index in [4.69, 9.17) is 9.47 Å². The van der Waals surface area contributed by atoms with Crippen LogP contribution in [0, 0.1) is 10.1 Å². The van der Waals surface area contributed by atoms with E-state index in [2.05, 4.69) is 5.32 Å². The third kappa shape index (κ3) is 4.97. The number of ether oxygens (including phenoxy) is 2. The van der Waals surface area contributed by atoms with Gasteiger partial charge in [-0.25, -0.2) is 0 Å². The Balaban J connectivity index is 1.33. The first-order valence-corrected chi connectivity index (χ1v) is 10.4. The van der Waals surface area contributed by atoms with Gasteiger partial charge in [0.1, 0.15) is 18.8 Å². The smallest absolute Gasteiger partial charge is 0.286 e. The summed E-state index contributed by atoms with van der Waals surface area (Å²) in [4.78, 5) is 39.7. The van der Waals surface area contributed by atoms with E-state index in [-0.39, 0.29) is 29.5 Å². The fourth-order valence-electron chi connectivity index (χ4n) is 3.74. The minimum absolute atomic E-state index is 0.0201. The van der Waals surface area contributed by atoms with Gasteiger partial charge < -0.3 is 19.7 Å². The molecule has 2 aromatic rings. The molecule has 1 N–H and O–H groups in total. The maximum absolute atomic E-state index is 13.0. The van der Waals surface area contributed by atoms with Crippen LogP contribution in [0.3, 0.4) is 0 Å². The van der Waals surface area contributed by atoms with Gasteiger partial charge in [0, 0.05) is 38.8 Å². The van der Waals surface area contributed by atoms with Gasteiger partial charge in [-0.05, 0) is 5.56 Å². The first-order chi connectivity index (χ1) is 15.5. The van der Waals surface area contributed by atoms with E-state index in [1.165, 1.54) is 12.1 Å². The van der Waals surface area contributed by atoms with Crippen molar-refractivity contribution < 1.29 is 24.0 Å². The van der Waals surface area contributed by atoms with Crippen molar-refractivity contribution in [3.05, 3.63) is 63.7 Å². The first-order valence-electron chi connectivity index (χ1n) is 10.4. The van der Waals surface area contributed by atoms with E-state index in [1.54, 1.807) is 4.90 Å². The Hall–Kier alpha value is -3.66. The summed E-state index contributed by atoms with van der Waals surface area (Å²) in [6.45, 7) is 3.07. The second-order valence-corrected chi connectivity index (χ2v) is 7.60. The molecule has 0 spiro atoms. The lowest BCUT2D eigenvalue weighted by molar-refractivity contribution is -0.385. The molecule has 0 bridgehead atoms. The molecule has 0 unspecified atom stereocenters. The lowest BCUT2D eigenvalue weighted by Crippen LogP contribution is -2.51. The van der Waals surface area contributed by atoms with E-state index in [0.29, 0.717) is 51.7 Å². The van der Waals surface area contributed by atoms with Crippen molar-refractivity contribution in [3.8, 4) is 11.5 Å². The third-order valence-corrected chi connectivity index (χ3v) is 5.45. The second-order valence-electron chi connectivity index (χ2n) is 7.60. The Morgan fingerprint density at radius 3 is 2.31 bits per heavy atom. The molecule has 2 heterocycles. The van der Waals surface area contributed by atoms with Gasteiger partial charge in [0.25, 0.3) is 11.6 Å². The van der Waals surface area contributed by atoms with Gasteiger partial charge in [-0.3, -0.25) is 24.6 Å². The SMILES string of the molecule is O=C(CN1CCN(C(=O)c2cc3c(cc2[N+](=O)[O-])OCCO3)CC1)NCc1ccccc1. The van der Waals surface area contributed by atoms with Gasteiger partial charge in [-0.2, -0.15) is 0 Å². The molecule has 2 aliphatic heterocycles. The number of amides is 2.